The molecular formula is C21H17ClN4OS. The summed E-state index contributed by atoms with van der Waals surface area (Å²) in [5, 5.41) is 16.6. The van der Waals surface area contributed by atoms with Crippen molar-refractivity contribution in [3.05, 3.63) is 69.3 Å². The van der Waals surface area contributed by atoms with Crippen molar-refractivity contribution >= 4 is 45.8 Å². The van der Waals surface area contributed by atoms with Gasteiger partial charge in [0.15, 0.2) is 12.1 Å². The molecule has 0 amide bonds. The fourth-order valence-corrected chi connectivity index (χ4v) is 4.36. The summed E-state index contributed by atoms with van der Waals surface area (Å²) in [6.07, 6.45) is 4.39. The van der Waals surface area contributed by atoms with Gasteiger partial charge >= 0.3 is 0 Å². The molecule has 0 radical (unpaired) electrons. The van der Waals surface area contributed by atoms with Crippen LogP contribution in [0.3, 0.4) is 0 Å². The molecule has 140 valence electrons. The van der Waals surface area contributed by atoms with E-state index in [0.717, 1.165) is 44.6 Å². The van der Waals surface area contributed by atoms with E-state index in [1.165, 1.54) is 0 Å². The molecule has 0 fully saturated rings. The molecule has 0 saturated carbocycles. The summed E-state index contributed by atoms with van der Waals surface area (Å²) in [5.41, 5.74) is 3.13. The number of pyridine rings is 1. The third-order valence-electron chi connectivity index (χ3n) is 4.63. The van der Waals surface area contributed by atoms with Crippen molar-refractivity contribution < 1.29 is 4.79 Å². The van der Waals surface area contributed by atoms with E-state index >= 15 is 0 Å². The zero-order valence-corrected chi connectivity index (χ0v) is 16.9. The van der Waals surface area contributed by atoms with E-state index in [1.807, 2.05) is 18.4 Å². The Hall–Kier alpha value is -2.83. The third-order valence-corrected chi connectivity index (χ3v) is 6.06. The highest BCUT2D eigenvalue weighted by Gasteiger charge is 2.16. The number of fused-ring (bicyclic) bond motifs is 1. The van der Waals surface area contributed by atoms with Crippen LogP contribution in [0.1, 0.15) is 33.9 Å². The third kappa shape index (κ3) is 3.37. The lowest BCUT2D eigenvalue weighted by Gasteiger charge is -2.14. The number of carbonyl (C=O) groups is 1. The summed E-state index contributed by atoms with van der Waals surface area (Å²) in [4.78, 5) is 16.7. The van der Waals surface area contributed by atoms with Crippen molar-refractivity contribution in [2.75, 3.05) is 5.32 Å². The van der Waals surface area contributed by atoms with Gasteiger partial charge in [0, 0.05) is 44.2 Å². The van der Waals surface area contributed by atoms with Gasteiger partial charge in [-0.2, -0.15) is 5.10 Å². The van der Waals surface area contributed by atoms with Gasteiger partial charge in [0.25, 0.3) is 0 Å². The second-order valence-corrected chi connectivity index (χ2v) is 7.83. The lowest BCUT2D eigenvalue weighted by molar-refractivity contribution is 0.112. The summed E-state index contributed by atoms with van der Waals surface area (Å²) in [5.74, 6) is 0.719. The number of aldehydes is 1. The topological polar surface area (TPSA) is 67.8 Å². The van der Waals surface area contributed by atoms with Crippen LogP contribution in [0.15, 0.2) is 48.1 Å². The fourth-order valence-electron chi connectivity index (χ4n) is 3.16. The van der Waals surface area contributed by atoms with Gasteiger partial charge in [-0.15, -0.1) is 16.4 Å². The maximum Gasteiger partial charge on any atom is 0.157 e. The smallest absolute Gasteiger partial charge is 0.157 e. The number of nitrogens with one attached hydrogen (secondary N) is 1. The van der Waals surface area contributed by atoms with Crippen LogP contribution < -0.4 is 5.32 Å². The SMILES string of the molecule is Cc1nnc(N[C@H](C)c2cc(-c3c(Cl)cccc3C=O)cs2)c2ccncc12. The molecule has 0 unspecified atom stereocenters. The molecule has 0 saturated heterocycles. The average Bonchev–Trinajstić information content (AvgIpc) is 3.20. The first-order valence-electron chi connectivity index (χ1n) is 8.74. The summed E-state index contributed by atoms with van der Waals surface area (Å²) in [6, 6.07) is 9.35. The second kappa shape index (κ2) is 7.66. The highest BCUT2D eigenvalue weighted by atomic mass is 35.5. The van der Waals surface area contributed by atoms with Crippen LogP contribution in [-0.2, 0) is 0 Å². The van der Waals surface area contributed by atoms with Crippen LogP contribution in [0.4, 0.5) is 5.82 Å². The molecule has 3 heterocycles. The highest BCUT2D eigenvalue weighted by Crippen LogP contribution is 2.36. The number of aryl methyl sites for hydroxylation is 1. The minimum Gasteiger partial charge on any atom is -0.361 e. The minimum atomic E-state index is 0.00860. The quantitative estimate of drug-likeness (QED) is 0.429. The molecule has 7 heteroatoms. The van der Waals surface area contributed by atoms with Crippen LogP contribution in [0.25, 0.3) is 21.9 Å². The summed E-state index contributed by atoms with van der Waals surface area (Å²) < 4.78 is 0. The van der Waals surface area contributed by atoms with E-state index in [9.17, 15) is 4.79 Å². The normalized spacial score (nSPS) is 12.1. The van der Waals surface area contributed by atoms with Gasteiger partial charge < -0.3 is 5.32 Å². The van der Waals surface area contributed by atoms with Gasteiger partial charge in [0.05, 0.1) is 11.7 Å². The first kappa shape index (κ1) is 18.5. The maximum atomic E-state index is 11.4. The Bertz CT molecular complexity index is 1170. The lowest BCUT2D eigenvalue weighted by Crippen LogP contribution is -2.08. The van der Waals surface area contributed by atoms with Gasteiger partial charge in [0.1, 0.15) is 0 Å². The lowest BCUT2D eigenvalue weighted by atomic mass is 10.0. The molecule has 1 aromatic carbocycles. The van der Waals surface area contributed by atoms with E-state index in [4.69, 9.17) is 11.6 Å². The summed E-state index contributed by atoms with van der Waals surface area (Å²) in [6.45, 7) is 3.99. The summed E-state index contributed by atoms with van der Waals surface area (Å²) >= 11 is 7.96. The number of carbonyl (C=O) groups excluding carboxylic acids is 1. The number of halogens is 1. The van der Waals surface area contributed by atoms with E-state index in [0.29, 0.717) is 10.6 Å². The van der Waals surface area contributed by atoms with Gasteiger partial charge in [-0.1, -0.05) is 23.7 Å². The maximum absolute atomic E-state index is 11.4. The number of hydrogen-bond acceptors (Lipinski definition) is 6. The first-order valence-corrected chi connectivity index (χ1v) is 10.00. The Morgan fingerprint density at radius 1 is 1.21 bits per heavy atom. The second-order valence-electron chi connectivity index (χ2n) is 6.48. The van der Waals surface area contributed by atoms with Gasteiger partial charge in [-0.05, 0) is 43.0 Å². The zero-order valence-electron chi connectivity index (χ0n) is 15.3. The van der Waals surface area contributed by atoms with E-state index in [2.05, 4.69) is 33.5 Å². The van der Waals surface area contributed by atoms with E-state index in [1.54, 1.807) is 41.9 Å². The number of hydrogen-bond donors (Lipinski definition) is 1. The largest absolute Gasteiger partial charge is 0.361 e. The predicted octanol–water partition coefficient (Wildman–Crippen LogP) is 5.70. The number of anilines is 1. The van der Waals surface area contributed by atoms with Crippen LogP contribution in [0.2, 0.25) is 5.02 Å². The number of benzene rings is 1. The standard InChI is InChI=1S/C21H17ClN4OS/c1-12-17-9-23-7-6-16(17)21(26-25-12)24-13(2)19-8-15(11-28-19)20-14(10-27)4-3-5-18(20)22/h3-11,13H,1-2H3,(H,24,26)/t13-/m1/s1. The van der Waals surface area contributed by atoms with Crippen molar-refractivity contribution in [2.45, 2.75) is 19.9 Å². The number of rotatable bonds is 5. The van der Waals surface area contributed by atoms with Gasteiger partial charge in [-0.25, -0.2) is 0 Å². The zero-order chi connectivity index (χ0) is 19.7. The molecule has 28 heavy (non-hydrogen) atoms. The van der Waals surface area contributed by atoms with Crippen LogP contribution in [0, 0.1) is 6.92 Å². The first-order chi connectivity index (χ1) is 13.6. The molecular weight excluding hydrogens is 392 g/mol. The Kier molecular flexibility index (Phi) is 5.07. The van der Waals surface area contributed by atoms with Crippen LogP contribution >= 0.6 is 22.9 Å². The summed E-state index contributed by atoms with van der Waals surface area (Å²) in [7, 11) is 0. The molecule has 0 bridgehead atoms. The molecule has 0 spiro atoms. The molecule has 3 aromatic heterocycles. The molecule has 1 N–H and O–H groups in total. The van der Waals surface area contributed by atoms with Crippen LogP contribution in [0.5, 0.6) is 0 Å². The number of nitrogens with zero attached hydrogens (tertiary/aromatic N) is 3. The fraction of sp³-hybridized carbons (Fsp3) is 0.143. The van der Waals surface area contributed by atoms with Crippen molar-refractivity contribution in [3.63, 3.8) is 0 Å². The Balaban J connectivity index is 1.66. The van der Waals surface area contributed by atoms with Crippen molar-refractivity contribution in [2.24, 2.45) is 0 Å². The van der Waals surface area contributed by atoms with Gasteiger partial charge in [0.2, 0.25) is 0 Å². The van der Waals surface area contributed by atoms with Crippen molar-refractivity contribution in [1.29, 1.82) is 0 Å². The molecule has 0 aliphatic heterocycles. The van der Waals surface area contributed by atoms with Crippen LogP contribution in [-0.4, -0.2) is 21.5 Å². The van der Waals surface area contributed by atoms with E-state index in [-0.39, 0.29) is 6.04 Å². The molecule has 4 aromatic rings. The number of thiophene rings is 1. The molecule has 1 atom stereocenters. The average molecular weight is 409 g/mol. The Morgan fingerprint density at radius 2 is 2.07 bits per heavy atom. The number of aromatic nitrogens is 3. The molecule has 5 nitrogen and oxygen atoms in total. The molecule has 4 rings (SSSR count). The molecule has 0 aliphatic carbocycles. The minimum absolute atomic E-state index is 0.00860. The Morgan fingerprint density at radius 3 is 2.89 bits per heavy atom. The highest BCUT2D eigenvalue weighted by molar-refractivity contribution is 7.10. The van der Waals surface area contributed by atoms with Gasteiger partial charge in [-0.3, -0.25) is 9.78 Å². The molecule has 0 aliphatic rings. The van der Waals surface area contributed by atoms with Crippen molar-refractivity contribution in [3.8, 4) is 11.1 Å². The monoisotopic (exact) mass is 408 g/mol. The predicted molar refractivity (Wildman–Crippen MR) is 114 cm³/mol. The Labute approximate surface area is 171 Å². The van der Waals surface area contributed by atoms with Crippen molar-refractivity contribution in [1.82, 2.24) is 15.2 Å². The van der Waals surface area contributed by atoms with E-state index < -0.39 is 0 Å².